The first-order chi connectivity index (χ1) is 23.9. The van der Waals surface area contributed by atoms with Crippen LogP contribution in [0.3, 0.4) is 0 Å². The standard InChI is InChI=1S/C39H45F3N2O6/c1-3-5-6-7-8-11-31(4-2)50-37(47)38(29-17-19-30(20-18-29)44(48)49)24-28(36(45)46)22-34-33(38)21-27-10-9-12-32(35(27)43-34)26-15-13-25(14-16-26)23-39(40,41)42/h9-10,12-21,28,31-32,34-35,43H,3-8,11,22-24H2,1-2H3,(H,45,46). The minimum absolute atomic E-state index is 0.0756. The van der Waals surface area contributed by atoms with Crippen LogP contribution in [-0.4, -0.2) is 46.3 Å². The van der Waals surface area contributed by atoms with Crippen molar-refractivity contribution in [2.45, 2.75) is 114 Å². The summed E-state index contributed by atoms with van der Waals surface area (Å²) in [5, 5.41) is 25.6. The van der Waals surface area contributed by atoms with Gasteiger partial charge in [0.15, 0.2) is 0 Å². The molecular formula is C39H45F3N2O6. The fourth-order valence-corrected chi connectivity index (χ4v) is 7.73. The summed E-state index contributed by atoms with van der Waals surface area (Å²) in [5.41, 5.74) is 1.16. The molecule has 1 fully saturated rings. The number of carboxylic acids is 1. The normalized spacial score (nSPS) is 25.1. The van der Waals surface area contributed by atoms with E-state index in [2.05, 4.69) is 12.2 Å². The van der Waals surface area contributed by atoms with Crippen molar-refractivity contribution in [2.75, 3.05) is 0 Å². The van der Waals surface area contributed by atoms with Crippen LogP contribution < -0.4 is 5.32 Å². The number of nitro benzene ring substituents is 1. The third kappa shape index (κ3) is 8.20. The lowest BCUT2D eigenvalue weighted by Gasteiger charge is -2.49. The second-order valence-corrected chi connectivity index (χ2v) is 13.7. The lowest BCUT2D eigenvalue weighted by Crippen LogP contribution is -2.58. The molecule has 11 heteroatoms. The van der Waals surface area contributed by atoms with Crippen molar-refractivity contribution in [3.8, 4) is 0 Å². The molecule has 8 nitrogen and oxygen atoms in total. The summed E-state index contributed by atoms with van der Waals surface area (Å²) < 4.78 is 45.3. The number of allylic oxidation sites excluding steroid dienone is 2. The monoisotopic (exact) mass is 694 g/mol. The van der Waals surface area contributed by atoms with E-state index in [-0.39, 0.29) is 42.2 Å². The number of halogens is 3. The van der Waals surface area contributed by atoms with Crippen LogP contribution in [0.4, 0.5) is 18.9 Å². The third-order valence-corrected chi connectivity index (χ3v) is 10.4. The van der Waals surface area contributed by atoms with Gasteiger partial charge in [-0.05, 0) is 59.9 Å². The molecular weight excluding hydrogens is 649 g/mol. The zero-order valence-corrected chi connectivity index (χ0v) is 28.5. The molecule has 0 amide bonds. The molecule has 0 bridgehead atoms. The summed E-state index contributed by atoms with van der Waals surface area (Å²) in [5.74, 6) is -2.84. The predicted molar refractivity (Wildman–Crippen MR) is 184 cm³/mol. The van der Waals surface area contributed by atoms with E-state index in [1.165, 1.54) is 36.4 Å². The Morgan fingerprint density at radius 3 is 2.38 bits per heavy atom. The summed E-state index contributed by atoms with van der Waals surface area (Å²) in [6, 6.07) is 11.1. The van der Waals surface area contributed by atoms with Crippen LogP contribution in [0.2, 0.25) is 0 Å². The Bertz CT molecular complexity index is 1630. The number of esters is 1. The minimum Gasteiger partial charge on any atom is -0.481 e. The second-order valence-electron chi connectivity index (χ2n) is 13.7. The molecule has 1 aliphatic heterocycles. The number of carboxylic acid groups (broad SMARTS) is 1. The highest BCUT2D eigenvalue weighted by molar-refractivity contribution is 5.90. The lowest BCUT2D eigenvalue weighted by molar-refractivity contribution is -0.384. The molecule has 2 aromatic rings. The van der Waals surface area contributed by atoms with Crippen molar-refractivity contribution in [3.63, 3.8) is 0 Å². The first-order valence-electron chi connectivity index (χ1n) is 17.6. The Morgan fingerprint density at radius 2 is 1.76 bits per heavy atom. The van der Waals surface area contributed by atoms with Gasteiger partial charge in [-0.3, -0.25) is 19.7 Å². The number of nitro groups is 1. The van der Waals surface area contributed by atoms with Crippen molar-refractivity contribution >= 4 is 17.6 Å². The van der Waals surface area contributed by atoms with Gasteiger partial charge in [-0.25, -0.2) is 0 Å². The maximum Gasteiger partial charge on any atom is 0.393 e. The van der Waals surface area contributed by atoms with Crippen molar-refractivity contribution in [1.82, 2.24) is 5.32 Å². The van der Waals surface area contributed by atoms with Gasteiger partial charge in [-0.2, -0.15) is 13.2 Å². The Labute approximate surface area is 290 Å². The molecule has 0 radical (unpaired) electrons. The maximum atomic E-state index is 14.7. The zero-order chi connectivity index (χ0) is 36.1. The molecule has 5 rings (SSSR count). The number of ether oxygens (including phenoxy) is 1. The SMILES string of the molecule is CCCCCCCC(CC)OC(=O)C1(c2ccc([N+](=O)[O-])cc2)CC(C(=O)O)CC2NC3C(=CC=CC3c3ccc(CC(F)(F)F)cc3)C=C21. The van der Waals surface area contributed by atoms with Crippen LogP contribution in [0, 0.1) is 16.0 Å². The molecule has 6 atom stereocenters. The molecule has 6 unspecified atom stereocenters. The molecule has 2 aliphatic carbocycles. The van der Waals surface area contributed by atoms with Gasteiger partial charge in [0.1, 0.15) is 11.5 Å². The Hall–Kier alpha value is -4.25. The van der Waals surface area contributed by atoms with Gasteiger partial charge in [0.25, 0.3) is 5.69 Å². The van der Waals surface area contributed by atoms with Crippen LogP contribution in [0.1, 0.15) is 94.2 Å². The number of rotatable bonds is 14. The second kappa shape index (κ2) is 15.7. The molecule has 50 heavy (non-hydrogen) atoms. The number of carbonyl (C=O) groups excluding carboxylic acids is 1. The van der Waals surface area contributed by atoms with E-state index in [0.717, 1.165) is 43.2 Å². The van der Waals surface area contributed by atoms with E-state index in [0.29, 0.717) is 24.0 Å². The van der Waals surface area contributed by atoms with E-state index in [1.807, 2.05) is 31.2 Å². The van der Waals surface area contributed by atoms with Crippen molar-refractivity contribution in [3.05, 3.63) is 111 Å². The van der Waals surface area contributed by atoms with E-state index >= 15 is 0 Å². The molecule has 2 N–H and O–H groups in total. The van der Waals surface area contributed by atoms with Crippen molar-refractivity contribution in [1.29, 1.82) is 0 Å². The highest BCUT2D eigenvalue weighted by Crippen LogP contribution is 2.51. The fraction of sp³-hybridized carbons (Fsp3) is 0.487. The highest BCUT2D eigenvalue weighted by Gasteiger charge is 2.56. The number of non-ortho nitro benzene ring substituents is 1. The molecule has 0 aromatic heterocycles. The molecule has 0 saturated heterocycles. The smallest absolute Gasteiger partial charge is 0.393 e. The summed E-state index contributed by atoms with van der Waals surface area (Å²) in [4.78, 5) is 38.5. The van der Waals surface area contributed by atoms with Gasteiger partial charge in [-0.1, -0.05) is 100 Å². The summed E-state index contributed by atoms with van der Waals surface area (Å²) in [6.45, 7) is 4.10. The topological polar surface area (TPSA) is 119 Å². The Kier molecular flexibility index (Phi) is 11.7. The third-order valence-electron chi connectivity index (χ3n) is 10.4. The van der Waals surface area contributed by atoms with Crippen molar-refractivity contribution in [2.24, 2.45) is 5.92 Å². The minimum atomic E-state index is -4.32. The number of carbonyl (C=O) groups is 2. The van der Waals surface area contributed by atoms with E-state index in [1.54, 1.807) is 12.1 Å². The van der Waals surface area contributed by atoms with Gasteiger partial charge in [0, 0.05) is 30.1 Å². The lowest BCUT2D eigenvalue weighted by atomic mass is 9.59. The number of nitrogens with zero attached hydrogens (tertiary/aromatic N) is 1. The van der Waals surface area contributed by atoms with Gasteiger partial charge in [-0.15, -0.1) is 0 Å². The van der Waals surface area contributed by atoms with Gasteiger partial charge < -0.3 is 15.2 Å². The van der Waals surface area contributed by atoms with E-state index < -0.39 is 46.8 Å². The maximum absolute atomic E-state index is 14.7. The van der Waals surface area contributed by atoms with Gasteiger partial charge >= 0.3 is 18.1 Å². The largest absolute Gasteiger partial charge is 0.481 e. The quantitative estimate of drug-likeness (QED) is 0.0879. The highest BCUT2D eigenvalue weighted by atomic mass is 19.4. The molecule has 0 spiro atoms. The van der Waals surface area contributed by atoms with Crippen LogP contribution in [-0.2, 0) is 26.2 Å². The zero-order valence-electron chi connectivity index (χ0n) is 28.5. The van der Waals surface area contributed by atoms with Crippen LogP contribution in [0.15, 0.2) is 84.0 Å². The molecule has 2 aromatic carbocycles. The fourth-order valence-electron chi connectivity index (χ4n) is 7.73. The Morgan fingerprint density at radius 1 is 1.06 bits per heavy atom. The van der Waals surface area contributed by atoms with Crippen molar-refractivity contribution < 1.29 is 37.5 Å². The van der Waals surface area contributed by atoms with Crippen LogP contribution in [0.5, 0.6) is 0 Å². The number of hydrogen-bond acceptors (Lipinski definition) is 6. The number of benzene rings is 2. The van der Waals surface area contributed by atoms with E-state index in [9.17, 15) is 38.0 Å². The summed E-state index contributed by atoms with van der Waals surface area (Å²) >= 11 is 0. The van der Waals surface area contributed by atoms with E-state index in [4.69, 9.17) is 4.74 Å². The summed E-state index contributed by atoms with van der Waals surface area (Å²) in [6.07, 6.45) is 8.58. The average Bonchev–Trinajstić information content (AvgIpc) is 3.09. The first kappa shape index (κ1) is 37.0. The first-order valence-corrected chi connectivity index (χ1v) is 17.6. The van der Waals surface area contributed by atoms with Crippen LogP contribution >= 0.6 is 0 Å². The number of aliphatic carboxylic acids is 1. The Balaban J connectivity index is 1.54. The number of nitrogens with one attached hydrogen (secondary N) is 1. The number of unbranched alkanes of at least 4 members (excludes halogenated alkanes) is 4. The van der Waals surface area contributed by atoms with Gasteiger partial charge in [0.2, 0.25) is 0 Å². The molecule has 268 valence electrons. The number of fused-ring (bicyclic) bond motifs is 2. The number of alkyl halides is 3. The molecule has 1 heterocycles. The van der Waals surface area contributed by atoms with Crippen LogP contribution in [0.25, 0.3) is 0 Å². The average molecular weight is 695 g/mol. The summed E-state index contributed by atoms with van der Waals surface area (Å²) in [7, 11) is 0. The predicted octanol–water partition coefficient (Wildman–Crippen LogP) is 8.66. The van der Waals surface area contributed by atoms with Gasteiger partial charge in [0.05, 0.1) is 17.3 Å². The molecule has 1 saturated carbocycles. The molecule has 3 aliphatic rings. The number of hydrogen-bond donors (Lipinski definition) is 2.